The Labute approximate surface area is 206 Å². The summed E-state index contributed by atoms with van der Waals surface area (Å²) in [5.74, 6) is -0.0230. The van der Waals surface area contributed by atoms with Crippen molar-refractivity contribution in [1.29, 1.82) is 0 Å². The van der Waals surface area contributed by atoms with E-state index in [1.54, 1.807) is 12.4 Å². The van der Waals surface area contributed by atoms with Crippen LogP contribution in [0.25, 0.3) is 11.0 Å². The van der Waals surface area contributed by atoms with Crippen molar-refractivity contribution in [2.45, 2.75) is 65.5 Å². The average Bonchev–Trinajstić information content (AvgIpc) is 3.08. The van der Waals surface area contributed by atoms with E-state index < -0.39 is 5.97 Å². The standard InChI is InChI=1S/C27H35N5O3/c1-17(2)14-18(3)30-21-15-22-23(31-26(33)19-8-7-9-19)24(27(34)35-4)32(25(22)29-16-21)13-11-20-10-5-6-12-28-20/h5-6,10,12,15-19,30H,7-9,11,13-14H2,1-4H3,(H,31,33)/t18-/m1/s1. The van der Waals surface area contributed by atoms with Crippen molar-refractivity contribution in [2.24, 2.45) is 11.8 Å². The quantitative estimate of drug-likeness (QED) is 0.397. The van der Waals surface area contributed by atoms with Gasteiger partial charge in [0, 0.05) is 42.2 Å². The van der Waals surface area contributed by atoms with Crippen LogP contribution in [0, 0.1) is 11.8 Å². The van der Waals surface area contributed by atoms with Crippen molar-refractivity contribution in [3.8, 4) is 0 Å². The third kappa shape index (κ3) is 5.63. The summed E-state index contributed by atoms with van der Waals surface area (Å²) in [6, 6.07) is 8.00. The van der Waals surface area contributed by atoms with Crippen molar-refractivity contribution < 1.29 is 14.3 Å². The number of hydrogen-bond acceptors (Lipinski definition) is 6. The number of fused-ring (bicyclic) bond motifs is 1. The predicted molar refractivity (Wildman–Crippen MR) is 138 cm³/mol. The van der Waals surface area contributed by atoms with Gasteiger partial charge in [-0.3, -0.25) is 9.78 Å². The lowest BCUT2D eigenvalue weighted by Gasteiger charge is -2.24. The number of amides is 1. The maximum atomic E-state index is 13.0. The van der Waals surface area contributed by atoms with Crippen LogP contribution in [0.3, 0.4) is 0 Å². The third-order valence-corrected chi connectivity index (χ3v) is 6.56. The molecule has 0 aromatic carbocycles. The molecular formula is C27H35N5O3. The van der Waals surface area contributed by atoms with Gasteiger partial charge in [-0.15, -0.1) is 0 Å². The van der Waals surface area contributed by atoms with Gasteiger partial charge in [-0.2, -0.15) is 0 Å². The zero-order chi connectivity index (χ0) is 24.9. The molecule has 1 aliphatic carbocycles. The van der Waals surface area contributed by atoms with Gasteiger partial charge in [-0.05, 0) is 50.3 Å². The van der Waals surface area contributed by atoms with Crippen LogP contribution in [0.4, 0.5) is 11.4 Å². The maximum absolute atomic E-state index is 13.0. The van der Waals surface area contributed by atoms with E-state index >= 15 is 0 Å². The molecule has 0 saturated heterocycles. The van der Waals surface area contributed by atoms with Crippen molar-refractivity contribution >= 4 is 34.3 Å². The number of aromatic nitrogens is 3. The molecule has 0 unspecified atom stereocenters. The maximum Gasteiger partial charge on any atom is 0.356 e. The second-order valence-corrected chi connectivity index (χ2v) is 9.83. The molecule has 1 fully saturated rings. The van der Waals surface area contributed by atoms with E-state index in [0.717, 1.165) is 42.5 Å². The van der Waals surface area contributed by atoms with Gasteiger partial charge in [0.2, 0.25) is 5.91 Å². The van der Waals surface area contributed by atoms with Crippen LogP contribution in [0.2, 0.25) is 0 Å². The van der Waals surface area contributed by atoms with E-state index in [1.807, 2.05) is 28.8 Å². The molecule has 1 amide bonds. The Morgan fingerprint density at radius 2 is 2.00 bits per heavy atom. The molecule has 8 nitrogen and oxygen atoms in total. The lowest BCUT2D eigenvalue weighted by atomic mass is 9.85. The fourth-order valence-corrected chi connectivity index (χ4v) is 4.68. The van der Waals surface area contributed by atoms with E-state index in [1.165, 1.54) is 7.11 Å². The summed E-state index contributed by atoms with van der Waals surface area (Å²) >= 11 is 0. The van der Waals surface area contributed by atoms with Gasteiger partial charge in [-0.25, -0.2) is 9.78 Å². The van der Waals surface area contributed by atoms with E-state index in [-0.39, 0.29) is 17.9 Å². The number of anilines is 2. The highest BCUT2D eigenvalue weighted by molar-refractivity contribution is 6.11. The number of methoxy groups -OCH3 is 1. The molecule has 4 rings (SSSR count). The number of rotatable bonds is 10. The summed E-state index contributed by atoms with van der Waals surface area (Å²) in [6.07, 6.45) is 7.96. The summed E-state index contributed by atoms with van der Waals surface area (Å²) in [5, 5.41) is 7.29. The minimum Gasteiger partial charge on any atom is -0.464 e. The lowest BCUT2D eigenvalue weighted by Crippen LogP contribution is -2.29. The molecule has 3 aromatic rings. The molecular weight excluding hydrogens is 442 g/mol. The lowest BCUT2D eigenvalue weighted by molar-refractivity contribution is -0.122. The number of esters is 1. The molecule has 0 radical (unpaired) electrons. The van der Waals surface area contributed by atoms with Gasteiger partial charge < -0.3 is 19.9 Å². The van der Waals surface area contributed by atoms with Crippen LogP contribution >= 0.6 is 0 Å². The van der Waals surface area contributed by atoms with Crippen molar-refractivity contribution in [2.75, 3.05) is 17.7 Å². The first-order valence-corrected chi connectivity index (χ1v) is 12.4. The fraction of sp³-hybridized carbons (Fsp3) is 0.481. The Morgan fingerprint density at radius 3 is 2.63 bits per heavy atom. The number of carbonyl (C=O) groups excluding carboxylic acids is 2. The van der Waals surface area contributed by atoms with Crippen molar-refractivity contribution in [1.82, 2.24) is 14.5 Å². The number of nitrogens with one attached hydrogen (secondary N) is 2. The number of carbonyl (C=O) groups is 2. The molecule has 0 aliphatic heterocycles. The number of ether oxygens (including phenoxy) is 1. The second-order valence-electron chi connectivity index (χ2n) is 9.83. The highest BCUT2D eigenvalue weighted by Crippen LogP contribution is 2.35. The van der Waals surface area contributed by atoms with Crippen LogP contribution in [0.15, 0.2) is 36.7 Å². The van der Waals surface area contributed by atoms with E-state index in [0.29, 0.717) is 35.9 Å². The molecule has 1 atom stereocenters. The van der Waals surface area contributed by atoms with Crippen LogP contribution in [0.1, 0.15) is 62.6 Å². The van der Waals surface area contributed by atoms with E-state index in [2.05, 4.69) is 36.4 Å². The third-order valence-electron chi connectivity index (χ3n) is 6.56. The first-order valence-electron chi connectivity index (χ1n) is 12.4. The molecule has 2 N–H and O–H groups in total. The van der Waals surface area contributed by atoms with Crippen LogP contribution < -0.4 is 10.6 Å². The molecule has 1 saturated carbocycles. The molecule has 8 heteroatoms. The minimum atomic E-state index is -0.504. The van der Waals surface area contributed by atoms with E-state index in [4.69, 9.17) is 9.72 Å². The van der Waals surface area contributed by atoms with E-state index in [9.17, 15) is 9.59 Å². The summed E-state index contributed by atoms with van der Waals surface area (Å²) in [4.78, 5) is 35.1. The fourth-order valence-electron chi connectivity index (χ4n) is 4.68. The Kier molecular flexibility index (Phi) is 7.68. The van der Waals surface area contributed by atoms with Crippen LogP contribution in [-0.2, 0) is 22.5 Å². The first kappa shape index (κ1) is 24.7. The summed E-state index contributed by atoms with van der Waals surface area (Å²) in [5.41, 5.74) is 3.17. The Balaban J connectivity index is 1.77. The SMILES string of the molecule is COC(=O)c1c(NC(=O)C2CCC2)c2cc(N[C@H](C)CC(C)C)cnc2n1CCc1ccccn1. The molecule has 35 heavy (non-hydrogen) atoms. The Morgan fingerprint density at radius 1 is 1.20 bits per heavy atom. The topological polar surface area (TPSA) is 98.1 Å². The van der Waals surface area contributed by atoms with Gasteiger partial charge in [0.25, 0.3) is 0 Å². The van der Waals surface area contributed by atoms with Crippen LogP contribution in [-0.4, -0.2) is 39.6 Å². The number of aryl methyl sites for hydroxylation is 2. The highest BCUT2D eigenvalue weighted by atomic mass is 16.5. The molecule has 0 spiro atoms. The zero-order valence-electron chi connectivity index (χ0n) is 21.0. The summed E-state index contributed by atoms with van der Waals surface area (Å²) < 4.78 is 6.99. The minimum absolute atomic E-state index is 0.0206. The summed E-state index contributed by atoms with van der Waals surface area (Å²) in [7, 11) is 1.36. The predicted octanol–water partition coefficient (Wildman–Crippen LogP) is 5.05. The normalized spacial score (nSPS) is 14.5. The van der Waals surface area contributed by atoms with Gasteiger partial charge in [0.05, 0.1) is 24.7 Å². The average molecular weight is 478 g/mol. The van der Waals surface area contributed by atoms with Gasteiger partial charge in [-0.1, -0.05) is 26.3 Å². The Hall–Kier alpha value is -3.42. The monoisotopic (exact) mass is 477 g/mol. The zero-order valence-corrected chi connectivity index (χ0v) is 21.0. The van der Waals surface area contributed by atoms with Crippen LogP contribution in [0.5, 0.6) is 0 Å². The highest BCUT2D eigenvalue weighted by Gasteiger charge is 2.30. The molecule has 1 aliphatic rings. The molecule has 3 aromatic heterocycles. The number of pyridine rings is 2. The first-order chi connectivity index (χ1) is 16.9. The Bertz CT molecular complexity index is 1180. The van der Waals surface area contributed by atoms with Gasteiger partial charge in [0.15, 0.2) is 5.69 Å². The van der Waals surface area contributed by atoms with Crippen molar-refractivity contribution in [3.63, 3.8) is 0 Å². The number of nitrogens with zero attached hydrogens (tertiary/aromatic N) is 3. The number of hydrogen-bond donors (Lipinski definition) is 2. The largest absolute Gasteiger partial charge is 0.464 e. The van der Waals surface area contributed by atoms with Crippen molar-refractivity contribution in [3.05, 3.63) is 48.0 Å². The van der Waals surface area contributed by atoms with Gasteiger partial charge in [0.1, 0.15) is 5.65 Å². The molecule has 0 bridgehead atoms. The smallest absolute Gasteiger partial charge is 0.356 e. The summed E-state index contributed by atoms with van der Waals surface area (Å²) in [6.45, 7) is 7.00. The molecule has 3 heterocycles. The van der Waals surface area contributed by atoms with Gasteiger partial charge >= 0.3 is 5.97 Å². The second kappa shape index (κ2) is 10.9. The molecule has 186 valence electrons.